The first-order chi connectivity index (χ1) is 15.4. The molecule has 0 N–H and O–H groups in total. The molecule has 4 aromatic carbocycles. The summed E-state index contributed by atoms with van der Waals surface area (Å²) in [5.74, 6) is 0. The fourth-order valence-corrected chi connectivity index (χ4v) is 6.82. The second-order valence-electron chi connectivity index (χ2n) is 7.39. The normalized spacial score (nSPS) is 10.4. The van der Waals surface area contributed by atoms with E-state index in [1.165, 1.54) is 46.6 Å². The molecule has 2 heteroatoms. The Morgan fingerprint density at radius 3 is 1.29 bits per heavy atom. The molecule has 31 heavy (non-hydrogen) atoms. The summed E-state index contributed by atoms with van der Waals surface area (Å²) in [7, 11) is 0.614. The molecular formula is C29H32P2. The van der Waals surface area contributed by atoms with E-state index in [9.17, 15) is 0 Å². The Labute approximate surface area is 191 Å². The lowest BCUT2D eigenvalue weighted by molar-refractivity contribution is 0.777. The van der Waals surface area contributed by atoms with Gasteiger partial charge >= 0.3 is 0 Å². The molecule has 158 valence electrons. The molecule has 0 heterocycles. The van der Waals surface area contributed by atoms with Gasteiger partial charge in [0.05, 0.1) is 0 Å². The van der Waals surface area contributed by atoms with Crippen molar-refractivity contribution in [1.82, 2.24) is 0 Å². The van der Waals surface area contributed by atoms with E-state index in [2.05, 4.69) is 128 Å². The highest BCUT2D eigenvalue weighted by Crippen LogP contribution is 2.34. The summed E-state index contributed by atoms with van der Waals surface area (Å²) in [4.78, 5) is 0. The molecule has 0 aliphatic heterocycles. The van der Waals surface area contributed by atoms with Crippen molar-refractivity contribution in [3.8, 4) is 0 Å². The second-order valence-corrected chi connectivity index (χ2v) is 11.1. The van der Waals surface area contributed by atoms with Gasteiger partial charge < -0.3 is 0 Å². The van der Waals surface area contributed by atoms with Crippen molar-refractivity contribution in [3.63, 3.8) is 0 Å². The molecule has 0 aliphatic carbocycles. The Morgan fingerprint density at radius 1 is 0.516 bits per heavy atom. The van der Waals surface area contributed by atoms with Gasteiger partial charge in [-0.3, -0.25) is 0 Å². The summed E-state index contributed by atoms with van der Waals surface area (Å²) >= 11 is 0. The highest BCUT2D eigenvalue weighted by atomic mass is 31.1. The third-order valence-corrected chi connectivity index (χ3v) is 8.81. The Kier molecular flexibility index (Phi) is 10.5. The van der Waals surface area contributed by atoms with E-state index in [1.807, 2.05) is 0 Å². The van der Waals surface area contributed by atoms with E-state index < -0.39 is 0 Å². The van der Waals surface area contributed by atoms with Crippen LogP contribution in [-0.2, 0) is 0 Å². The molecule has 0 spiro atoms. The fourth-order valence-electron chi connectivity index (χ4n) is 3.35. The van der Waals surface area contributed by atoms with Crippen LogP contribution in [0, 0.1) is 0 Å². The first-order valence-corrected chi connectivity index (χ1v) is 13.6. The third kappa shape index (κ3) is 8.41. The molecule has 0 atom stereocenters. The van der Waals surface area contributed by atoms with Crippen LogP contribution in [0.15, 0.2) is 121 Å². The van der Waals surface area contributed by atoms with Crippen LogP contribution < -0.4 is 21.2 Å². The van der Waals surface area contributed by atoms with E-state index >= 15 is 0 Å². The van der Waals surface area contributed by atoms with Gasteiger partial charge in [-0.1, -0.05) is 150 Å². The van der Waals surface area contributed by atoms with Crippen molar-refractivity contribution < 1.29 is 0 Å². The Bertz CT molecular complexity index is 877. The standard InChI is InChI=1S/C17H21P.C12H11P/c1-2-3-10-15-18(16-11-6-4-7-12-16)17-13-8-5-9-14-17;1-3-7-11(8-4-1)13-12-9-5-2-6-10-12/h4-9,11-14H,2-3,10,15H2,1H3;1-10,13H. The SMILES string of the molecule is CCCCCP(c1ccccc1)c1ccccc1.c1ccc(Pc2ccccc2)cc1. The molecule has 0 saturated carbocycles. The summed E-state index contributed by atoms with van der Waals surface area (Å²) < 4.78 is 0. The van der Waals surface area contributed by atoms with Gasteiger partial charge in [-0.05, 0) is 41.7 Å². The summed E-state index contributed by atoms with van der Waals surface area (Å²) in [5, 5.41) is 5.81. The van der Waals surface area contributed by atoms with Crippen LogP contribution in [0.5, 0.6) is 0 Å². The van der Waals surface area contributed by atoms with Crippen molar-refractivity contribution in [3.05, 3.63) is 121 Å². The molecule has 0 aromatic heterocycles. The predicted octanol–water partition coefficient (Wildman–Crippen LogP) is 6.63. The zero-order chi connectivity index (χ0) is 21.6. The van der Waals surface area contributed by atoms with Gasteiger partial charge in [0.2, 0.25) is 0 Å². The molecule has 0 unspecified atom stereocenters. The number of unbranched alkanes of at least 4 members (excludes halogenated alkanes) is 2. The molecule has 0 amide bonds. The Hall–Kier alpha value is -2.26. The first-order valence-electron chi connectivity index (χ1n) is 11.1. The van der Waals surface area contributed by atoms with Crippen molar-refractivity contribution in [2.45, 2.75) is 26.2 Å². The quantitative estimate of drug-likeness (QED) is 0.212. The maximum absolute atomic E-state index is 2.28. The second kappa shape index (κ2) is 13.9. The lowest BCUT2D eigenvalue weighted by Crippen LogP contribution is -2.13. The average Bonchev–Trinajstić information content (AvgIpc) is 2.85. The van der Waals surface area contributed by atoms with Crippen LogP contribution in [0.1, 0.15) is 26.2 Å². The van der Waals surface area contributed by atoms with Crippen LogP contribution in [0.4, 0.5) is 0 Å². The molecule has 4 rings (SSSR count). The first kappa shape index (κ1) is 23.4. The average molecular weight is 443 g/mol. The van der Waals surface area contributed by atoms with Gasteiger partial charge in [0.1, 0.15) is 0 Å². The molecule has 0 aliphatic rings. The number of benzene rings is 4. The molecular weight excluding hydrogens is 410 g/mol. The van der Waals surface area contributed by atoms with Crippen LogP contribution >= 0.6 is 16.5 Å². The summed E-state index contributed by atoms with van der Waals surface area (Å²) in [6.45, 7) is 2.27. The molecule has 0 fully saturated rings. The van der Waals surface area contributed by atoms with Crippen LogP contribution in [0.3, 0.4) is 0 Å². The van der Waals surface area contributed by atoms with E-state index in [4.69, 9.17) is 0 Å². The van der Waals surface area contributed by atoms with E-state index in [1.54, 1.807) is 0 Å². The minimum atomic E-state index is -0.162. The zero-order valence-corrected chi connectivity index (χ0v) is 20.2. The van der Waals surface area contributed by atoms with Crippen molar-refractivity contribution in [2.24, 2.45) is 0 Å². The van der Waals surface area contributed by atoms with Gasteiger partial charge in [-0.2, -0.15) is 0 Å². The summed E-state index contributed by atoms with van der Waals surface area (Å²) in [6, 6.07) is 43.1. The number of hydrogen-bond donors (Lipinski definition) is 0. The maximum atomic E-state index is 2.28. The van der Waals surface area contributed by atoms with Crippen LogP contribution in [0.2, 0.25) is 0 Å². The van der Waals surface area contributed by atoms with Crippen molar-refractivity contribution in [2.75, 3.05) is 6.16 Å². The smallest absolute Gasteiger partial charge is 0.0195 e. The Morgan fingerprint density at radius 2 is 0.903 bits per heavy atom. The van der Waals surface area contributed by atoms with E-state index in [-0.39, 0.29) is 7.92 Å². The zero-order valence-electron chi connectivity index (χ0n) is 18.3. The van der Waals surface area contributed by atoms with Gasteiger partial charge in [0.25, 0.3) is 0 Å². The van der Waals surface area contributed by atoms with Gasteiger partial charge in [-0.15, -0.1) is 0 Å². The molecule has 4 aromatic rings. The van der Waals surface area contributed by atoms with Crippen LogP contribution in [0.25, 0.3) is 0 Å². The lowest BCUT2D eigenvalue weighted by atomic mass is 10.3. The monoisotopic (exact) mass is 442 g/mol. The fraction of sp³-hybridized carbons (Fsp3) is 0.172. The largest absolute Gasteiger partial charge is 0.0654 e. The molecule has 0 bridgehead atoms. The van der Waals surface area contributed by atoms with Gasteiger partial charge in [0.15, 0.2) is 0 Å². The third-order valence-electron chi connectivity index (χ3n) is 4.96. The highest BCUT2D eigenvalue weighted by molar-refractivity contribution is 7.73. The summed E-state index contributed by atoms with van der Waals surface area (Å²) in [6.07, 6.45) is 5.30. The lowest BCUT2D eigenvalue weighted by Gasteiger charge is -2.18. The topological polar surface area (TPSA) is 0 Å². The minimum absolute atomic E-state index is 0.162. The van der Waals surface area contributed by atoms with Crippen molar-refractivity contribution >= 4 is 37.7 Å². The van der Waals surface area contributed by atoms with Gasteiger partial charge in [-0.25, -0.2) is 0 Å². The predicted molar refractivity (Wildman–Crippen MR) is 144 cm³/mol. The van der Waals surface area contributed by atoms with E-state index in [0.717, 1.165) is 8.58 Å². The number of hydrogen-bond acceptors (Lipinski definition) is 0. The number of rotatable bonds is 8. The van der Waals surface area contributed by atoms with Gasteiger partial charge in [0, 0.05) is 0 Å². The molecule has 0 nitrogen and oxygen atoms in total. The highest BCUT2D eigenvalue weighted by Gasteiger charge is 2.12. The van der Waals surface area contributed by atoms with Crippen LogP contribution in [-0.4, -0.2) is 6.16 Å². The molecule has 0 saturated heterocycles. The minimum Gasteiger partial charge on any atom is -0.0654 e. The summed E-state index contributed by atoms with van der Waals surface area (Å²) in [5.41, 5.74) is 0. The maximum Gasteiger partial charge on any atom is -0.0195 e. The van der Waals surface area contributed by atoms with Crippen molar-refractivity contribution in [1.29, 1.82) is 0 Å². The Balaban J connectivity index is 0.000000185. The van der Waals surface area contributed by atoms with E-state index in [0.29, 0.717) is 0 Å². The molecule has 0 radical (unpaired) electrons.